The van der Waals surface area contributed by atoms with Crippen molar-refractivity contribution in [3.8, 4) is 0 Å². The van der Waals surface area contributed by atoms with Crippen LogP contribution < -0.4 is 5.32 Å². The van der Waals surface area contributed by atoms with Gasteiger partial charge in [-0.25, -0.2) is 0 Å². The van der Waals surface area contributed by atoms with E-state index in [4.69, 9.17) is 0 Å². The van der Waals surface area contributed by atoms with Crippen LogP contribution in [0.2, 0.25) is 0 Å². The van der Waals surface area contributed by atoms with Crippen molar-refractivity contribution in [1.82, 2.24) is 10.2 Å². The lowest BCUT2D eigenvalue weighted by molar-refractivity contribution is -0.122. The first-order valence-electron chi connectivity index (χ1n) is 4.14. The second kappa shape index (κ2) is 2.21. The molecule has 0 unspecified atom stereocenters. The van der Waals surface area contributed by atoms with Gasteiger partial charge < -0.3 is 10.2 Å². The van der Waals surface area contributed by atoms with Gasteiger partial charge in [0.15, 0.2) is 0 Å². The summed E-state index contributed by atoms with van der Waals surface area (Å²) >= 11 is 0. The van der Waals surface area contributed by atoms with E-state index in [1.165, 1.54) is 0 Å². The van der Waals surface area contributed by atoms with Crippen molar-refractivity contribution in [3.63, 3.8) is 0 Å². The van der Waals surface area contributed by atoms with Gasteiger partial charge in [-0.3, -0.25) is 4.79 Å². The molecule has 1 aliphatic carbocycles. The number of hydrogen-bond donors (Lipinski definition) is 1. The van der Waals surface area contributed by atoms with Crippen molar-refractivity contribution in [2.75, 3.05) is 27.2 Å². The molecule has 1 saturated carbocycles. The van der Waals surface area contributed by atoms with Crippen molar-refractivity contribution in [2.45, 2.75) is 0 Å². The first-order chi connectivity index (χ1) is 5.24. The fraction of sp³-hybridized carbons (Fsp3) is 0.875. The summed E-state index contributed by atoms with van der Waals surface area (Å²) in [6.07, 6.45) is 0. The van der Waals surface area contributed by atoms with E-state index in [0.29, 0.717) is 17.8 Å². The number of likely N-dealkylation sites (tertiary alicyclic amines) is 1. The van der Waals surface area contributed by atoms with E-state index in [0.717, 1.165) is 13.1 Å². The van der Waals surface area contributed by atoms with Gasteiger partial charge >= 0.3 is 0 Å². The summed E-state index contributed by atoms with van der Waals surface area (Å²) in [4.78, 5) is 13.5. The zero-order chi connectivity index (χ0) is 8.01. The quantitative estimate of drug-likeness (QED) is 0.554. The third kappa shape index (κ3) is 0.948. The molecular weight excluding hydrogens is 140 g/mol. The topological polar surface area (TPSA) is 32.3 Å². The number of fused-ring (bicyclic) bond motifs is 1. The van der Waals surface area contributed by atoms with E-state index in [-0.39, 0.29) is 5.91 Å². The summed E-state index contributed by atoms with van der Waals surface area (Å²) in [5.41, 5.74) is 0. The highest BCUT2D eigenvalue weighted by Gasteiger charge is 2.58. The fourth-order valence-corrected chi connectivity index (χ4v) is 2.29. The summed E-state index contributed by atoms with van der Waals surface area (Å²) in [5.74, 6) is 1.92. The molecule has 0 aromatic heterocycles. The van der Waals surface area contributed by atoms with E-state index in [1.807, 2.05) is 0 Å². The van der Waals surface area contributed by atoms with Crippen LogP contribution in [0.3, 0.4) is 0 Å². The van der Waals surface area contributed by atoms with Gasteiger partial charge in [-0.2, -0.15) is 0 Å². The Hall–Kier alpha value is -0.570. The minimum absolute atomic E-state index is 0.244. The molecule has 2 fully saturated rings. The first-order valence-corrected chi connectivity index (χ1v) is 4.14. The van der Waals surface area contributed by atoms with Crippen LogP contribution in [0.5, 0.6) is 0 Å². The standard InChI is InChI=1S/C8H14N2O/c1-9-8(11)7-5-3-10(2)4-6(5)7/h5-7H,3-4H2,1-2H3,(H,9,11)/t5-,6+,7+. The van der Waals surface area contributed by atoms with Crippen molar-refractivity contribution in [3.05, 3.63) is 0 Å². The molecule has 3 heteroatoms. The second-order valence-electron chi connectivity index (χ2n) is 3.69. The van der Waals surface area contributed by atoms with Crippen LogP contribution >= 0.6 is 0 Å². The second-order valence-corrected chi connectivity index (χ2v) is 3.69. The highest BCUT2D eigenvalue weighted by Crippen LogP contribution is 2.51. The number of piperidine rings is 1. The normalized spacial score (nSPS) is 41.8. The van der Waals surface area contributed by atoms with Crippen molar-refractivity contribution in [1.29, 1.82) is 0 Å². The number of hydrogen-bond acceptors (Lipinski definition) is 2. The van der Waals surface area contributed by atoms with Gasteiger partial charge in [0.25, 0.3) is 0 Å². The minimum atomic E-state index is 0.244. The van der Waals surface area contributed by atoms with Gasteiger partial charge in [0.2, 0.25) is 5.91 Å². The molecule has 1 aliphatic heterocycles. The third-order valence-electron chi connectivity index (χ3n) is 2.93. The van der Waals surface area contributed by atoms with Crippen LogP contribution in [0, 0.1) is 17.8 Å². The zero-order valence-corrected chi connectivity index (χ0v) is 7.00. The van der Waals surface area contributed by atoms with Gasteiger partial charge in [0.05, 0.1) is 0 Å². The average Bonchev–Trinajstić information content (AvgIpc) is 2.48. The predicted octanol–water partition coefficient (Wildman–Crippen LogP) is -0.460. The van der Waals surface area contributed by atoms with Crippen molar-refractivity contribution in [2.24, 2.45) is 17.8 Å². The molecule has 3 atom stereocenters. The van der Waals surface area contributed by atoms with Crippen LogP contribution in [-0.4, -0.2) is 38.0 Å². The summed E-state index contributed by atoms with van der Waals surface area (Å²) in [6, 6.07) is 0. The van der Waals surface area contributed by atoms with Crippen LogP contribution in [0.1, 0.15) is 0 Å². The monoisotopic (exact) mass is 154 g/mol. The Morgan fingerprint density at radius 1 is 1.45 bits per heavy atom. The van der Waals surface area contributed by atoms with Gasteiger partial charge in [0.1, 0.15) is 0 Å². The number of nitrogens with one attached hydrogen (secondary N) is 1. The minimum Gasteiger partial charge on any atom is -0.359 e. The van der Waals surface area contributed by atoms with E-state index in [9.17, 15) is 4.79 Å². The number of rotatable bonds is 1. The maximum atomic E-state index is 11.2. The summed E-state index contributed by atoms with van der Waals surface area (Å²) in [6.45, 7) is 2.23. The molecule has 11 heavy (non-hydrogen) atoms. The maximum Gasteiger partial charge on any atom is 0.223 e. The SMILES string of the molecule is CNC(=O)[C@H]1[C@@H]2CN(C)C[C@@H]21. The molecule has 1 heterocycles. The number of amides is 1. The summed E-state index contributed by atoms with van der Waals surface area (Å²) < 4.78 is 0. The smallest absolute Gasteiger partial charge is 0.223 e. The van der Waals surface area contributed by atoms with E-state index < -0.39 is 0 Å². The Kier molecular flexibility index (Phi) is 1.42. The highest BCUT2D eigenvalue weighted by atomic mass is 16.2. The lowest BCUT2D eigenvalue weighted by Gasteiger charge is -2.11. The van der Waals surface area contributed by atoms with Gasteiger partial charge in [0, 0.05) is 26.1 Å². The third-order valence-corrected chi connectivity index (χ3v) is 2.93. The lowest BCUT2D eigenvalue weighted by atomic mass is 10.2. The van der Waals surface area contributed by atoms with Crippen LogP contribution in [0.25, 0.3) is 0 Å². The molecule has 2 rings (SSSR count). The number of carbonyl (C=O) groups excluding carboxylic acids is 1. The number of nitrogens with zero attached hydrogens (tertiary/aromatic N) is 1. The predicted molar refractivity (Wildman–Crippen MR) is 42.0 cm³/mol. The Morgan fingerprint density at radius 2 is 2.00 bits per heavy atom. The lowest BCUT2D eigenvalue weighted by Crippen LogP contribution is -2.27. The molecule has 3 nitrogen and oxygen atoms in total. The van der Waals surface area contributed by atoms with Crippen LogP contribution in [0.15, 0.2) is 0 Å². The molecule has 0 aromatic rings. The van der Waals surface area contributed by atoms with Crippen LogP contribution in [-0.2, 0) is 4.79 Å². The summed E-state index contributed by atoms with van der Waals surface area (Å²) in [7, 11) is 3.84. The average molecular weight is 154 g/mol. The van der Waals surface area contributed by atoms with E-state index in [2.05, 4.69) is 17.3 Å². The molecule has 1 N–H and O–H groups in total. The molecule has 0 aromatic carbocycles. The Balaban J connectivity index is 1.92. The fourth-order valence-electron chi connectivity index (χ4n) is 2.29. The van der Waals surface area contributed by atoms with E-state index in [1.54, 1.807) is 7.05 Å². The Labute approximate surface area is 66.8 Å². The number of carbonyl (C=O) groups is 1. The molecule has 0 radical (unpaired) electrons. The maximum absolute atomic E-state index is 11.2. The molecule has 0 bridgehead atoms. The molecule has 62 valence electrons. The molecule has 1 amide bonds. The van der Waals surface area contributed by atoms with E-state index >= 15 is 0 Å². The Morgan fingerprint density at radius 3 is 2.45 bits per heavy atom. The molecule has 0 spiro atoms. The van der Waals surface area contributed by atoms with Crippen LogP contribution in [0.4, 0.5) is 0 Å². The molecule has 2 aliphatic rings. The first kappa shape index (κ1) is 7.10. The van der Waals surface area contributed by atoms with Gasteiger partial charge in [-0.15, -0.1) is 0 Å². The van der Waals surface area contributed by atoms with Crippen molar-refractivity contribution < 1.29 is 4.79 Å². The highest BCUT2D eigenvalue weighted by molar-refractivity contribution is 5.82. The molecule has 1 saturated heterocycles. The van der Waals surface area contributed by atoms with Crippen molar-refractivity contribution >= 4 is 5.91 Å². The van der Waals surface area contributed by atoms with Gasteiger partial charge in [-0.05, 0) is 18.9 Å². The molecular formula is C8H14N2O. The van der Waals surface area contributed by atoms with Gasteiger partial charge in [-0.1, -0.05) is 0 Å². The summed E-state index contributed by atoms with van der Waals surface area (Å²) in [5, 5.41) is 2.71. The largest absolute Gasteiger partial charge is 0.359 e. The Bertz CT molecular complexity index is 181. The zero-order valence-electron chi connectivity index (χ0n) is 7.00.